The zero-order valence-electron chi connectivity index (χ0n) is 15.1. The summed E-state index contributed by atoms with van der Waals surface area (Å²) in [6.07, 6.45) is 1.75. The molecule has 1 aromatic rings. The lowest BCUT2D eigenvalue weighted by molar-refractivity contribution is 0.0773. The first kappa shape index (κ1) is 21.9. The Morgan fingerprint density at radius 3 is 2.36 bits per heavy atom. The first-order chi connectivity index (χ1) is 11.5. The van der Waals surface area contributed by atoms with Crippen molar-refractivity contribution in [2.75, 3.05) is 33.2 Å². The van der Waals surface area contributed by atoms with E-state index in [1.807, 2.05) is 20.9 Å². The number of hydrogen-bond donors (Lipinski definition) is 1. The van der Waals surface area contributed by atoms with Crippen LogP contribution in [0.15, 0.2) is 29.2 Å². The highest BCUT2D eigenvalue weighted by atomic mass is 35.5. The fourth-order valence-corrected chi connectivity index (χ4v) is 4.86. The van der Waals surface area contributed by atoms with Gasteiger partial charge in [0.15, 0.2) is 0 Å². The van der Waals surface area contributed by atoms with Crippen LogP contribution in [0.25, 0.3) is 0 Å². The topological polar surface area (TPSA) is 69.7 Å². The van der Waals surface area contributed by atoms with Gasteiger partial charge >= 0.3 is 0 Å². The van der Waals surface area contributed by atoms with E-state index in [0.29, 0.717) is 31.7 Å². The third kappa shape index (κ3) is 4.73. The largest absolute Gasteiger partial charge is 0.339 e. The maximum absolute atomic E-state index is 12.8. The second-order valence-electron chi connectivity index (χ2n) is 5.97. The summed E-state index contributed by atoms with van der Waals surface area (Å²) in [5, 5.41) is 3.06. The summed E-state index contributed by atoms with van der Waals surface area (Å²) in [5.41, 5.74) is 0.519. The monoisotopic (exact) mass is 389 g/mol. The van der Waals surface area contributed by atoms with Crippen LogP contribution in [0, 0.1) is 0 Å². The molecule has 1 saturated heterocycles. The van der Waals surface area contributed by atoms with Gasteiger partial charge in [-0.05, 0) is 58.0 Å². The van der Waals surface area contributed by atoms with E-state index in [2.05, 4.69) is 5.32 Å². The molecule has 1 aliphatic heterocycles. The summed E-state index contributed by atoms with van der Waals surface area (Å²) >= 11 is 0. The number of nitrogens with zero attached hydrogens (tertiary/aromatic N) is 2. The number of carbonyl (C=O) groups excluding carboxylic acids is 1. The SMILES string of the molecule is CCN(CC)C(=O)c1ccc(S(=O)(=O)N2CCCC2CNC)cc1.Cl. The molecule has 142 valence electrons. The van der Waals surface area contributed by atoms with Gasteiger partial charge in [-0.1, -0.05) is 0 Å². The van der Waals surface area contributed by atoms with Crippen LogP contribution in [-0.4, -0.2) is 62.8 Å². The van der Waals surface area contributed by atoms with Crippen molar-refractivity contribution < 1.29 is 13.2 Å². The van der Waals surface area contributed by atoms with Gasteiger partial charge in [0.1, 0.15) is 0 Å². The zero-order valence-corrected chi connectivity index (χ0v) is 16.7. The van der Waals surface area contributed by atoms with Crippen LogP contribution in [-0.2, 0) is 10.0 Å². The lowest BCUT2D eigenvalue weighted by Crippen LogP contribution is -2.40. The van der Waals surface area contributed by atoms with E-state index >= 15 is 0 Å². The molecule has 8 heteroatoms. The Balaban J connectivity index is 0.00000312. The van der Waals surface area contributed by atoms with Crippen LogP contribution in [0.3, 0.4) is 0 Å². The molecular formula is C17H28ClN3O3S. The summed E-state index contributed by atoms with van der Waals surface area (Å²) in [6.45, 7) is 6.32. The van der Waals surface area contributed by atoms with Gasteiger partial charge in [0, 0.05) is 37.8 Å². The molecule has 0 aliphatic carbocycles. The van der Waals surface area contributed by atoms with Crippen molar-refractivity contribution in [1.29, 1.82) is 0 Å². The van der Waals surface area contributed by atoms with Crippen LogP contribution >= 0.6 is 12.4 Å². The Bertz CT molecular complexity index is 660. The third-order valence-electron chi connectivity index (χ3n) is 4.52. The molecule has 0 aromatic heterocycles. The highest BCUT2D eigenvalue weighted by molar-refractivity contribution is 7.89. The van der Waals surface area contributed by atoms with Crippen molar-refractivity contribution in [3.05, 3.63) is 29.8 Å². The number of likely N-dealkylation sites (N-methyl/N-ethyl adjacent to an activating group) is 1. The second kappa shape index (κ2) is 9.52. The fraction of sp³-hybridized carbons (Fsp3) is 0.588. The average Bonchev–Trinajstić information content (AvgIpc) is 3.05. The van der Waals surface area contributed by atoms with E-state index in [1.165, 1.54) is 0 Å². The van der Waals surface area contributed by atoms with Gasteiger partial charge in [0.05, 0.1) is 4.90 Å². The Kier molecular flexibility index (Phi) is 8.34. The molecule has 0 saturated carbocycles. The minimum Gasteiger partial charge on any atom is -0.339 e. The Hall–Kier alpha value is -1.15. The van der Waals surface area contributed by atoms with Gasteiger partial charge in [0.25, 0.3) is 5.91 Å². The molecule has 25 heavy (non-hydrogen) atoms. The van der Waals surface area contributed by atoms with Gasteiger partial charge in [-0.25, -0.2) is 8.42 Å². The molecule has 2 rings (SSSR count). The van der Waals surface area contributed by atoms with Crippen LogP contribution in [0.4, 0.5) is 0 Å². The quantitative estimate of drug-likeness (QED) is 0.773. The minimum atomic E-state index is -3.52. The van der Waals surface area contributed by atoms with Crippen molar-refractivity contribution >= 4 is 28.3 Å². The van der Waals surface area contributed by atoms with E-state index in [0.717, 1.165) is 12.8 Å². The van der Waals surface area contributed by atoms with E-state index in [9.17, 15) is 13.2 Å². The summed E-state index contributed by atoms with van der Waals surface area (Å²) in [6, 6.07) is 6.30. The van der Waals surface area contributed by atoms with Crippen molar-refractivity contribution in [3.8, 4) is 0 Å². The molecule has 1 atom stereocenters. The van der Waals surface area contributed by atoms with Crippen molar-refractivity contribution in [1.82, 2.24) is 14.5 Å². The zero-order chi connectivity index (χ0) is 17.7. The predicted molar refractivity (Wildman–Crippen MR) is 102 cm³/mol. The fourth-order valence-electron chi connectivity index (χ4n) is 3.16. The normalized spacial score (nSPS) is 18.0. The highest BCUT2D eigenvalue weighted by Gasteiger charge is 2.34. The Morgan fingerprint density at radius 1 is 1.24 bits per heavy atom. The van der Waals surface area contributed by atoms with Crippen LogP contribution in [0.5, 0.6) is 0 Å². The highest BCUT2D eigenvalue weighted by Crippen LogP contribution is 2.26. The van der Waals surface area contributed by atoms with Gasteiger partial charge in [-0.15, -0.1) is 12.4 Å². The van der Waals surface area contributed by atoms with Crippen LogP contribution < -0.4 is 5.32 Å². The number of carbonyl (C=O) groups is 1. The minimum absolute atomic E-state index is 0. The van der Waals surface area contributed by atoms with E-state index < -0.39 is 10.0 Å². The number of benzene rings is 1. The summed E-state index contributed by atoms with van der Waals surface area (Å²) in [4.78, 5) is 14.3. The number of amides is 1. The Morgan fingerprint density at radius 2 is 1.84 bits per heavy atom. The molecule has 0 spiro atoms. The molecule has 1 fully saturated rings. The molecule has 0 radical (unpaired) electrons. The first-order valence-electron chi connectivity index (χ1n) is 8.51. The summed E-state index contributed by atoms with van der Waals surface area (Å²) in [7, 11) is -1.69. The first-order valence-corrected chi connectivity index (χ1v) is 9.95. The molecule has 6 nitrogen and oxygen atoms in total. The maximum Gasteiger partial charge on any atom is 0.253 e. The molecule has 1 unspecified atom stereocenters. The van der Waals surface area contributed by atoms with Crippen molar-refractivity contribution in [2.45, 2.75) is 37.6 Å². The van der Waals surface area contributed by atoms with E-state index in [1.54, 1.807) is 33.5 Å². The standard InChI is InChI=1S/C17H27N3O3S.ClH/c1-4-19(5-2)17(21)14-8-10-16(11-9-14)24(22,23)20-12-6-7-15(20)13-18-3;/h8-11,15,18H,4-7,12-13H2,1-3H3;1H. The van der Waals surface area contributed by atoms with Crippen LogP contribution in [0.1, 0.15) is 37.0 Å². The predicted octanol–water partition coefficient (Wildman–Crippen LogP) is 1.96. The Labute approximate surface area is 157 Å². The summed E-state index contributed by atoms with van der Waals surface area (Å²) in [5.74, 6) is -0.0711. The molecule has 0 bridgehead atoms. The van der Waals surface area contributed by atoms with Gasteiger partial charge in [0.2, 0.25) is 10.0 Å². The molecular weight excluding hydrogens is 362 g/mol. The van der Waals surface area contributed by atoms with E-state index in [-0.39, 0.29) is 29.3 Å². The lowest BCUT2D eigenvalue weighted by Gasteiger charge is -2.24. The molecule has 1 amide bonds. The molecule has 1 aromatic carbocycles. The number of rotatable bonds is 7. The smallest absolute Gasteiger partial charge is 0.253 e. The number of halogens is 1. The average molecular weight is 390 g/mol. The van der Waals surface area contributed by atoms with E-state index in [4.69, 9.17) is 0 Å². The number of hydrogen-bond acceptors (Lipinski definition) is 4. The van der Waals surface area contributed by atoms with Crippen LogP contribution in [0.2, 0.25) is 0 Å². The van der Waals surface area contributed by atoms with Gasteiger partial charge in [-0.3, -0.25) is 4.79 Å². The summed E-state index contributed by atoms with van der Waals surface area (Å²) < 4.78 is 27.3. The molecule has 1 heterocycles. The maximum atomic E-state index is 12.8. The molecule has 1 aliphatic rings. The number of nitrogens with one attached hydrogen (secondary N) is 1. The molecule has 1 N–H and O–H groups in total. The number of sulfonamides is 1. The van der Waals surface area contributed by atoms with Crippen molar-refractivity contribution in [3.63, 3.8) is 0 Å². The van der Waals surface area contributed by atoms with Crippen molar-refractivity contribution in [2.24, 2.45) is 0 Å². The lowest BCUT2D eigenvalue weighted by atomic mass is 10.2. The van der Waals surface area contributed by atoms with Gasteiger partial charge < -0.3 is 10.2 Å². The van der Waals surface area contributed by atoms with Gasteiger partial charge in [-0.2, -0.15) is 4.31 Å². The third-order valence-corrected chi connectivity index (χ3v) is 6.49. The second-order valence-corrected chi connectivity index (χ2v) is 7.86.